The molecular weight excluding hydrogens is 274 g/mol. The number of piperazine rings is 1. The Labute approximate surface area is 120 Å². The molecule has 104 valence electrons. The first-order valence-corrected chi connectivity index (χ1v) is 7.23. The fraction of sp³-hybridized carbons (Fsp3) is 0.357. The Morgan fingerprint density at radius 1 is 1.35 bits per heavy atom. The number of hydrogen-bond acceptors (Lipinski definition) is 5. The first-order valence-electron chi connectivity index (χ1n) is 6.42. The average Bonchev–Trinajstić information content (AvgIpc) is 2.82. The Kier molecular flexibility index (Phi) is 3.07. The molecule has 1 aromatic heterocycles. The summed E-state index contributed by atoms with van der Waals surface area (Å²) in [6.45, 7) is 4.01. The molecule has 1 fully saturated rings. The highest BCUT2D eigenvalue weighted by Crippen LogP contribution is 2.24. The van der Waals surface area contributed by atoms with Crippen LogP contribution in [0.25, 0.3) is 10.2 Å². The van der Waals surface area contributed by atoms with E-state index in [1.165, 1.54) is 16.2 Å². The lowest BCUT2D eigenvalue weighted by molar-refractivity contribution is -0.153. The molecule has 1 N–H and O–H groups in total. The number of hydrogen-bond donors (Lipinski definition) is 1. The molecule has 0 radical (unpaired) electrons. The normalized spacial score (nSPS) is 18.8. The van der Waals surface area contributed by atoms with Gasteiger partial charge in [0.1, 0.15) is 5.01 Å². The Morgan fingerprint density at radius 3 is 2.85 bits per heavy atom. The van der Waals surface area contributed by atoms with Crippen LogP contribution in [0.2, 0.25) is 0 Å². The van der Waals surface area contributed by atoms with Crippen molar-refractivity contribution in [3.63, 3.8) is 0 Å². The monoisotopic (exact) mass is 289 g/mol. The predicted octanol–water partition coefficient (Wildman–Crippen LogP) is 1.53. The van der Waals surface area contributed by atoms with Crippen molar-refractivity contribution >= 4 is 33.4 Å². The fourth-order valence-electron chi connectivity index (χ4n) is 2.20. The maximum absolute atomic E-state index is 12.3. The Balaban J connectivity index is 1.89. The van der Waals surface area contributed by atoms with Crippen molar-refractivity contribution < 1.29 is 9.59 Å². The van der Waals surface area contributed by atoms with Gasteiger partial charge < -0.3 is 0 Å². The number of carbonyl (C=O) groups is 2. The molecule has 2 heterocycles. The number of nitrogens with zero attached hydrogens (tertiary/aromatic N) is 2. The minimum absolute atomic E-state index is 0.184. The van der Waals surface area contributed by atoms with Crippen LogP contribution in [-0.2, 0) is 16.1 Å². The Bertz CT molecular complexity index is 660. The molecule has 5 nitrogen and oxygen atoms in total. The van der Waals surface area contributed by atoms with Crippen molar-refractivity contribution in [2.75, 3.05) is 6.54 Å². The molecule has 20 heavy (non-hydrogen) atoms. The maximum atomic E-state index is 12.3. The lowest BCUT2D eigenvalue weighted by atomic mass is 10.0. The van der Waals surface area contributed by atoms with Crippen molar-refractivity contribution in [3.8, 4) is 0 Å². The predicted molar refractivity (Wildman–Crippen MR) is 77.3 cm³/mol. The van der Waals surface area contributed by atoms with Gasteiger partial charge >= 0.3 is 0 Å². The summed E-state index contributed by atoms with van der Waals surface area (Å²) in [4.78, 5) is 30.0. The second-order valence-corrected chi connectivity index (χ2v) is 6.45. The van der Waals surface area contributed by atoms with Crippen LogP contribution in [-0.4, -0.2) is 33.8 Å². The summed E-state index contributed by atoms with van der Waals surface area (Å²) < 4.78 is 1.07. The number of para-hydroxylation sites is 1. The molecule has 0 bridgehead atoms. The van der Waals surface area contributed by atoms with Crippen molar-refractivity contribution in [1.29, 1.82) is 0 Å². The topological polar surface area (TPSA) is 62.3 Å². The number of carbonyl (C=O) groups excluding carboxylic acids is 2. The molecular formula is C14H15N3O2S. The van der Waals surface area contributed by atoms with E-state index in [0.717, 1.165) is 15.2 Å². The number of nitrogens with one attached hydrogen (secondary N) is 1. The van der Waals surface area contributed by atoms with E-state index in [-0.39, 0.29) is 24.9 Å². The number of amides is 2. The molecule has 0 spiro atoms. The van der Waals surface area contributed by atoms with E-state index < -0.39 is 5.54 Å². The zero-order chi connectivity index (χ0) is 14.3. The first kappa shape index (κ1) is 13.2. The van der Waals surface area contributed by atoms with Crippen LogP contribution in [0.3, 0.4) is 0 Å². The number of benzene rings is 1. The van der Waals surface area contributed by atoms with Gasteiger partial charge in [0.15, 0.2) is 0 Å². The molecule has 0 unspecified atom stereocenters. The third kappa shape index (κ3) is 2.21. The number of thiazole rings is 1. The molecule has 0 atom stereocenters. The van der Waals surface area contributed by atoms with Gasteiger partial charge in [-0.2, -0.15) is 0 Å². The number of aromatic nitrogens is 1. The molecule has 0 saturated carbocycles. The fourth-order valence-corrected chi connectivity index (χ4v) is 3.16. The van der Waals surface area contributed by atoms with Gasteiger partial charge in [-0.1, -0.05) is 12.1 Å². The highest BCUT2D eigenvalue weighted by Gasteiger charge is 2.40. The lowest BCUT2D eigenvalue weighted by Gasteiger charge is -2.36. The number of imide groups is 1. The number of rotatable bonds is 2. The second kappa shape index (κ2) is 4.64. The van der Waals surface area contributed by atoms with Crippen LogP contribution in [0.5, 0.6) is 0 Å². The van der Waals surface area contributed by atoms with Crippen LogP contribution in [0, 0.1) is 0 Å². The van der Waals surface area contributed by atoms with Gasteiger partial charge in [0.05, 0.1) is 28.8 Å². The Morgan fingerprint density at radius 2 is 2.10 bits per heavy atom. The van der Waals surface area contributed by atoms with Gasteiger partial charge in [-0.3, -0.25) is 19.8 Å². The molecule has 1 aromatic carbocycles. The minimum Gasteiger partial charge on any atom is -0.295 e. The molecule has 1 saturated heterocycles. The summed E-state index contributed by atoms with van der Waals surface area (Å²) in [5, 5.41) is 3.73. The molecule has 1 aliphatic heterocycles. The lowest BCUT2D eigenvalue weighted by Crippen LogP contribution is -2.63. The van der Waals surface area contributed by atoms with E-state index in [1.807, 2.05) is 24.3 Å². The molecule has 6 heteroatoms. The van der Waals surface area contributed by atoms with E-state index in [4.69, 9.17) is 0 Å². The quantitative estimate of drug-likeness (QED) is 0.852. The van der Waals surface area contributed by atoms with E-state index >= 15 is 0 Å². The van der Waals surface area contributed by atoms with Gasteiger partial charge in [0.25, 0.3) is 0 Å². The van der Waals surface area contributed by atoms with Gasteiger partial charge in [0.2, 0.25) is 11.8 Å². The smallest absolute Gasteiger partial charge is 0.249 e. The van der Waals surface area contributed by atoms with E-state index in [0.29, 0.717) is 0 Å². The van der Waals surface area contributed by atoms with Crippen LogP contribution < -0.4 is 5.32 Å². The van der Waals surface area contributed by atoms with E-state index in [9.17, 15) is 9.59 Å². The first-order chi connectivity index (χ1) is 9.47. The molecule has 0 aliphatic carbocycles. The van der Waals surface area contributed by atoms with Crippen molar-refractivity contribution in [2.24, 2.45) is 0 Å². The standard InChI is InChI=1S/C14H15N3O2S/c1-14(2)13(19)17(12(18)7-15-14)8-11-16-9-5-3-4-6-10(9)20-11/h3-6,15H,7-8H2,1-2H3. The van der Waals surface area contributed by atoms with Crippen LogP contribution in [0.15, 0.2) is 24.3 Å². The summed E-state index contributed by atoms with van der Waals surface area (Å²) in [5.41, 5.74) is 0.201. The zero-order valence-corrected chi connectivity index (χ0v) is 12.2. The van der Waals surface area contributed by atoms with Gasteiger partial charge in [-0.15, -0.1) is 11.3 Å². The van der Waals surface area contributed by atoms with Gasteiger partial charge in [-0.25, -0.2) is 4.98 Å². The van der Waals surface area contributed by atoms with Crippen LogP contribution in [0.4, 0.5) is 0 Å². The summed E-state index contributed by atoms with van der Waals surface area (Å²) in [6.07, 6.45) is 0. The molecule has 1 aliphatic rings. The summed E-state index contributed by atoms with van der Waals surface area (Å²) >= 11 is 1.52. The van der Waals surface area contributed by atoms with Gasteiger partial charge in [-0.05, 0) is 26.0 Å². The van der Waals surface area contributed by atoms with Gasteiger partial charge in [0, 0.05) is 0 Å². The SMILES string of the molecule is CC1(C)NCC(=O)N(Cc2nc3ccccc3s2)C1=O. The zero-order valence-electron chi connectivity index (χ0n) is 11.3. The van der Waals surface area contributed by atoms with E-state index in [1.54, 1.807) is 13.8 Å². The van der Waals surface area contributed by atoms with Crippen LogP contribution >= 0.6 is 11.3 Å². The van der Waals surface area contributed by atoms with Crippen molar-refractivity contribution in [3.05, 3.63) is 29.3 Å². The Hall–Kier alpha value is -1.79. The van der Waals surface area contributed by atoms with Crippen molar-refractivity contribution in [2.45, 2.75) is 25.9 Å². The summed E-state index contributed by atoms with van der Waals surface area (Å²) in [5.74, 6) is -0.401. The molecule has 2 amide bonds. The third-order valence-electron chi connectivity index (χ3n) is 3.39. The van der Waals surface area contributed by atoms with Crippen LogP contribution in [0.1, 0.15) is 18.9 Å². The maximum Gasteiger partial charge on any atom is 0.249 e. The van der Waals surface area contributed by atoms with E-state index in [2.05, 4.69) is 10.3 Å². The second-order valence-electron chi connectivity index (χ2n) is 5.34. The molecule has 3 rings (SSSR count). The highest BCUT2D eigenvalue weighted by molar-refractivity contribution is 7.18. The third-order valence-corrected chi connectivity index (χ3v) is 4.42. The average molecular weight is 289 g/mol. The highest BCUT2D eigenvalue weighted by atomic mass is 32.1. The van der Waals surface area contributed by atoms with Crippen molar-refractivity contribution in [1.82, 2.24) is 15.2 Å². The largest absolute Gasteiger partial charge is 0.295 e. The minimum atomic E-state index is -0.704. The summed E-state index contributed by atoms with van der Waals surface area (Å²) in [7, 11) is 0. The number of fused-ring (bicyclic) bond motifs is 1. The molecule has 2 aromatic rings. The summed E-state index contributed by atoms with van der Waals surface area (Å²) in [6, 6.07) is 7.80.